The summed E-state index contributed by atoms with van der Waals surface area (Å²) < 4.78 is 0.742. The van der Waals surface area contributed by atoms with Gasteiger partial charge in [-0.1, -0.05) is 11.6 Å². The Kier molecular flexibility index (Phi) is 3.97. The van der Waals surface area contributed by atoms with Crippen molar-refractivity contribution >= 4 is 22.9 Å². The van der Waals surface area contributed by atoms with E-state index in [1.54, 1.807) is 6.20 Å². The van der Waals surface area contributed by atoms with Gasteiger partial charge in [0.2, 0.25) is 0 Å². The van der Waals surface area contributed by atoms with Crippen molar-refractivity contribution in [3.8, 4) is 0 Å². The van der Waals surface area contributed by atoms with Crippen LogP contribution in [0.1, 0.15) is 30.7 Å². The van der Waals surface area contributed by atoms with E-state index in [2.05, 4.69) is 10.3 Å². The largest absolute Gasteiger partial charge is 0.393 e. The van der Waals surface area contributed by atoms with Crippen molar-refractivity contribution in [3.05, 3.63) is 15.5 Å². The molecule has 1 aromatic rings. The fraction of sp³-hybridized carbons (Fsp3) is 0.700. The highest BCUT2D eigenvalue weighted by Gasteiger charge is 2.18. The maximum atomic E-state index is 9.36. The highest BCUT2D eigenvalue weighted by molar-refractivity contribution is 7.15. The Morgan fingerprint density at radius 3 is 2.80 bits per heavy atom. The number of nitrogens with one attached hydrogen (secondary N) is 1. The van der Waals surface area contributed by atoms with Crippen LogP contribution in [-0.4, -0.2) is 22.2 Å². The Labute approximate surface area is 98.5 Å². The summed E-state index contributed by atoms with van der Waals surface area (Å²) in [7, 11) is 0. The molecule has 0 radical (unpaired) electrons. The Morgan fingerprint density at radius 1 is 1.47 bits per heavy atom. The molecule has 1 aromatic heterocycles. The van der Waals surface area contributed by atoms with Crippen molar-refractivity contribution in [2.45, 2.75) is 44.4 Å². The Bertz CT molecular complexity index is 310. The van der Waals surface area contributed by atoms with Crippen LogP contribution in [0.2, 0.25) is 4.34 Å². The van der Waals surface area contributed by atoms with E-state index in [1.807, 2.05) is 0 Å². The van der Waals surface area contributed by atoms with Gasteiger partial charge in [0.1, 0.15) is 9.34 Å². The highest BCUT2D eigenvalue weighted by atomic mass is 35.5. The molecule has 2 N–H and O–H groups in total. The van der Waals surface area contributed by atoms with Crippen molar-refractivity contribution in [2.75, 3.05) is 0 Å². The summed E-state index contributed by atoms with van der Waals surface area (Å²) in [4.78, 5) is 4.19. The summed E-state index contributed by atoms with van der Waals surface area (Å²) in [5, 5.41) is 13.8. The van der Waals surface area contributed by atoms with E-state index >= 15 is 0 Å². The fourth-order valence-electron chi connectivity index (χ4n) is 1.88. The molecule has 1 aliphatic carbocycles. The van der Waals surface area contributed by atoms with Crippen LogP contribution in [0.5, 0.6) is 0 Å². The molecule has 1 aliphatic rings. The molecule has 0 atom stereocenters. The predicted molar refractivity (Wildman–Crippen MR) is 62.2 cm³/mol. The smallest absolute Gasteiger partial charge is 0.113 e. The molecular weight excluding hydrogens is 232 g/mol. The lowest BCUT2D eigenvalue weighted by molar-refractivity contribution is 0.116. The van der Waals surface area contributed by atoms with Gasteiger partial charge < -0.3 is 10.4 Å². The van der Waals surface area contributed by atoms with Gasteiger partial charge in [-0.2, -0.15) is 0 Å². The van der Waals surface area contributed by atoms with Crippen molar-refractivity contribution in [1.29, 1.82) is 0 Å². The van der Waals surface area contributed by atoms with Gasteiger partial charge in [-0.05, 0) is 25.7 Å². The van der Waals surface area contributed by atoms with E-state index in [0.29, 0.717) is 6.04 Å². The van der Waals surface area contributed by atoms with Crippen LogP contribution in [0.25, 0.3) is 0 Å². The van der Waals surface area contributed by atoms with Crippen molar-refractivity contribution in [1.82, 2.24) is 10.3 Å². The molecular formula is C10H15ClN2OS. The first-order chi connectivity index (χ1) is 7.24. The molecule has 3 nitrogen and oxygen atoms in total. The molecule has 15 heavy (non-hydrogen) atoms. The first-order valence-corrected chi connectivity index (χ1v) is 6.45. The molecule has 0 unspecified atom stereocenters. The third kappa shape index (κ3) is 3.41. The summed E-state index contributed by atoms with van der Waals surface area (Å²) in [5.74, 6) is 0. The molecule has 0 bridgehead atoms. The van der Waals surface area contributed by atoms with E-state index in [0.717, 1.165) is 41.6 Å². The van der Waals surface area contributed by atoms with E-state index in [1.165, 1.54) is 11.3 Å². The standard InChI is InChI=1S/C10H15ClN2OS/c11-9-5-13-10(15-9)6-12-7-1-3-8(14)4-2-7/h5,7-8,12,14H,1-4,6H2. The molecule has 5 heteroatoms. The summed E-state index contributed by atoms with van der Waals surface area (Å²) in [6.45, 7) is 0.790. The van der Waals surface area contributed by atoms with E-state index in [4.69, 9.17) is 11.6 Å². The third-order valence-corrected chi connectivity index (χ3v) is 3.88. The second-order valence-electron chi connectivity index (χ2n) is 3.94. The maximum Gasteiger partial charge on any atom is 0.113 e. The second kappa shape index (κ2) is 5.25. The van der Waals surface area contributed by atoms with Gasteiger partial charge in [0, 0.05) is 12.6 Å². The van der Waals surface area contributed by atoms with E-state index in [-0.39, 0.29) is 6.10 Å². The predicted octanol–water partition coefficient (Wildman–Crippen LogP) is 2.19. The van der Waals surface area contributed by atoms with Crippen LogP contribution in [0.15, 0.2) is 6.20 Å². The number of aromatic nitrogens is 1. The normalized spacial score (nSPS) is 26.8. The summed E-state index contributed by atoms with van der Waals surface area (Å²) in [6, 6.07) is 0.524. The molecule has 2 rings (SSSR count). The molecule has 1 fully saturated rings. The summed E-state index contributed by atoms with van der Waals surface area (Å²) >= 11 is 7.32. The minimum atomic E-state index is -0.0858. The van der Waals surface area contributed by atoms with Crippen molar-refractivity contribution < 1.29 is 5.11 Å². The average molecular weight is 247 g/mol. The molecule has 0 spiro atoms. The minimum Gasteiger partial charge on any atom is -0.393 e. The number of nitrogens with zero attached hydrogens (tertiary/aromatic N) is 1. The summed E-state index contributed by atoms with van der Waals surface area (Å²) in [5.41, 5.74) is 0. The van der Waals surface area contributed by atoms with E-state index in [9.17, 15) is 5.11 Å². The highest BCUT2D eigenvalue weighted by Crippen LogP contribution is 2.21. The van der Waals surface area contributed by atoms with Gasteiger partial charge in [0.05, 0.1) is 12.3 Å². The Morgan fingerprint density at radius 2 is 2.20 bits per heavy atom. The Hall–Kier alpha value is -0.160. The number of aliphatic hydroxyl groups is 1. The van der Waals surface area contributed by atoms with Crippen LogP contribution in [0, 0.1) is 0 Å². The van der Waals surface area contributed by atoms with Crippen LogP contribution in [-0.2, 0) is 6.54 Å². The first kappa shape index (κ1) is 11.3. The number of hydrogen-bond donors (Lipinski definition) is 2. The van der Waals surface area contributed by atoms with Crippen LogP contribution >= 0.6 is 22.9 Å². The Balaban J connectivity index is 1.74. The van der Waals surface area contributed by atoms with E-state index < -0.39 is 0 Å². The number of halogens is 1. The van der Waals surface area contributed by atoms with Crippen molar-refractivity contribution in [3.63, 3.8) is 0 Å². The fourth-order valence-corrected chi connectivity index (χ4v) is 2.79. The molecule has 0 aromatic carbocycles. The van der Waals surface area contributed by atoms with Crippen LogP contribution in [0.3, 0.4) is 0 Å². The quantitative estimate of drug-likeness (QED) is 0.860. The third-order valence-electron chi connectivity index (χ3n) is 2.76. The molecule has 1 heterocycles. The van der Waals surface area contributed by atoms with Crippen LogP contribution < -0.4 is 5.32 Å². The topological polar surface area (TPSA) is 45.1 Å². The lowest BCUT2D eigenvalue weighted by Gasteiger charge is -2.25. The number of hydrogen-bond acceptors (Lipinski definition) is 4. The van der Waals surface area contributed by atoms with Crippen LogP contribution in [0.4, 0.5) is 0 Å². The second-order valence-corrected chi connectivity index (χ2v) is 5.69. The monoisotopic (exact) mass is 246 g/mol. The minimum absolute atomic E-state index is 0.0858. The van der Waals surface area contributed by atoms with Gasteiger partial charge in [-0.25, -0.2) is 4.98 Å². The number of thiazole rings is 1. The summed E-state index contributed by atoms with van der Waals surface area (Å²) in [6.07, 6.45) is 5.54. The molecule has 1 saturated carbocycles. The average Bonchev–Trinajstić information content (AvgIpc) is 2.64. The SMILES string of the molecule is OC1CCC(NCc2ncc(Cl)s2)CC1. The molecule has 0 saturated heterocycles. The zero-order valence-corrected chi connectivity index (χ0v) is 10.0. The van der Waals surface area contributed by atoms with Gasteiger partial charge in [0.25, 0.3) is 0 Å². The van der Waals surface area contributed by atoms with Gasteiger partial charge in [0.15, 0.2) is 0 Å². The van der Waals surface area contributed by atoms with Gasteiger partial charge in [-0.15, -0.1) is 11.3 Å². The van der Waals surface area contributed by atoms with Crippen molar-refractivity contribution in [2.24, 2.45) is 0 Å². The zero-order valence-electron chi connectivity index (χ0n) is 8.45. The molecule has 84 valence electrons. The molecule has 0 aliphatic heterocycles. The number of rotatable bonds is 3. The number of aliphatic hydroxyl groups excluding tert-OH is 1. The first-order valence-electron chi connectivity index (χ1n) is 5.25. The van der Waals surface area contributed by atoms with Gasteiger partial charge >= 0.3 is 0 Å². The van der Waals surface area contributed by atoms with Gasteiger partial charge in [-0.3, -0.25) is 0 Å². The molecule has 0 amide bonds. The maximum absolute atomic E-state index is 9.36. The lowest BCUT2D eigenvalue weighted by atomic mass is 9.93. The zero-order chi connectivity index (χ0) is 10.7. The lowest BCUT2D eigenvalue weighted by Crippen LogP contribution is -2.34.